The van der Waals surface area contributed by atoms with E-state index in [9.17, 15) is 4.79 Å². The number of nitrogens with zero attached hydrogens (tertiary/aromatic N) is 1. The van der Waals surface area contributed by atoms with Crippen LogP contribution in [-0.4, -0.2) is 76.8 Å². The van der Waals surface area contributed by atoms with Crippen LogP contribution in [0, 0.1) is 10.7 Å². The smallest absolute Gasteiger partial charge is 0.226 e. The van der Waals surface area contributed by atoms with Crippen molar-refractivity contribution in [2.45, 2.75) is 38.7 Å². The van der Waals surface area contributed by atoms with Crippen LogP contribution in [0.3, 0.4) is 0 Å². The van der Waals surface area contributed by atoms with Gasteiger partial charge in [0.25, 0.3) is 0 Å². The number of thiocyanates is 1. The van der Waals surface area contributed by atoms with Crippen LogP contribution in [0.15, 0.2) is 24.3 Å². The van der Waals surface area contributed by atoms with Crippen LogP contribution in [0.25, 0.3) is 0 Å². The molecule has 33 heavy (non-hydrogen) atoms. The molecule has 1 aromatic rings. The van der Waals surface area contributed by atoms with Crippen LogP contribution in [0.1, 0.15) is 27.2 Å². The molecule has 0 bridgehead atoms. The summed E-state index contributed by atoms with van der Waals surface area (Å²) in [4.78, 5) is 12.1. The molecule has 0 heterocycles. The lowest BCUT2D eigenvalue weighted by Crippen LogP contribution is -2.27. The van der Waals surface area contributed by atoms with Crippen molar-refractivity contribution in [1.82, 2.24) is 5.32 Å². The lowest BCUT2D eigenvalue weighted by atomic mass is 10.3. The van der Waals surface area contributed by atoms with Gasteiger partial charge in [0, 0.05) is 30.9 Å². The molecule has 1 rings (SSSR count). The van der Waals surface area contributed by atoms with E-state index in [-0.39, 0.29) is 18.9 Å². The van der Waals surface area contributed by atoms with Gasteiger partial charge in [0.2, 0.25) is 5.91 Å². The highest BCUT2D eigenvalue weighted by Crippen LogP contribution is 2.20. The number of carbonyl (C=O) groups is 1. The van der Waals surface area contributed by atoms with Crippen LogP contribution < -0.4 is 15.4 Å². The number of hydrogen-bond acceptors (Lipinski definition) is 9. The van der Waals surface area contributed by atoms with Crippen LogP contribution in [0.2, 0.25) is 0 Å². The van der Waals surface area contributed by atoms with Crippen LogP contribution in [0.4, 0.5) is 5.69 Å². The monoisotopic (exact) mass is 483 g/mol. The lowest BCUT2D eigenvalue weighted by Gasteiger charge is -2.16. The van der Waals surface area contributed by atoms with Crippen molar-refractivity contribution in [2.24, 2.45) is 0 Å². The summed E-state index contributed by atoms with van der Waals surface area (Å²) in [6.07, 6.45) is 0.245. The Bertz CT molecular complexity index is 686. The van der Waals surface area contributed by atoms with Crippen LogP contribution in [0.5, 0.6) is 5.75 Å². The van der Waals surface area contributed by atoms with Gasteiger partial charge in [-0.2, -0.15) is 5.26 Å². The molecule has 9 nitrogen and oxygen atoms in total. The zero-order chi connectivity index (χ0) is 24.2. The summed E-state index contributed by atoms with van der Waals surface area (Å²) in [7, 11) is 0. The van der Waals surface area contributed by atoms with Gasteiger partial charge in [-0.05, 0) is 30.8 Å². The van der Waals surface area contributed by atoms with Crippen molar-refractivity contribution < 1.29 is 28.5 Å². The Morgan fingerprint density at radius 1 is 1.09 bits per heavy atom. The highest BCUT2D eigenvalue weighted by atomic mass is 32.2. The Morgan fingerprint density at radius 3 is 2.58 bits per heavy atom. The number of hydrogen-bond donors (Lipinski definition) is 2. The number of carbonyl (C=O) groups excluding carboxylic acids is 1. The van der Waals surface area contributed by atoms with Gasteiger partial charge in [0.05, 0.1) is 46.1 Å². The lowest BCUT2D eigenvalue weighted by molar-refractivity contribution is -0.117. The largest absolute Gasteiger partial charge is 0.490 e. The summed E-state index contributed by atoms with van der Waals surface area (Å²) < 4.78 is 27.5. The van der Waals surface area contributed by atoms with Crippen molar-refractivity contribution in [3.05, 3.63) is 24.3 Å². The average Bonchev–Trinajstić information content (AvgIpc) is 2.79. The first kappa shape index (κ1) is 29.2. The van der Waals surface area contributed by atoms with E-state index in [1.807, 2.05) is 12.3 Å². The van der Waals surface area contributed by atoms with Crippen molar-refractivity contribution in [1.29, 1.82) is 5.26 Å². The second kappa shape index (κ2) is 19.6. The molecule has 0 aliphatic carbocycles. The maximum atomic E-state index is 12.1. The minimum Gasteiger partial charge on any atom is -0.490 e. The molecule has 1 atom stereocenters. The van der Waals surface area contributed by atoms with Crippen molar-refractivity contribution in [2.75, 3.05) is 64.7 Å². The quantitative estimate of drug-likeness (QED) is 0.164. The number of anilines is 1. The van der Waals surface area contributed by atoms with Gasteiger partial charge >= 0.3 is 0 Å². The molecule has 10 heteroatoms. The molecule has 0 aromatic heterocycles. The minimum absolute atomic E-state index is 0.147. The Labute approximate surface area is 201 Å². The van der Waals surface area contributed by atoms with Gasteiger partial charge in [-0.3, -0.25) is 4.79 Å². The topological polar surface area (TPSA) is 111 Å². The number of amides is 1. The van der Waals surface area contributed by atoms with E-state index in [0.29, 0.717) is 63.7 Å². The predicted octanol–water partition coefficient (Wildman–Crippen LogP) is 3.02. The molecule has 0 fully saturated rings. The fourth-order valence-corrected chi connectivity index (χ4v) is 2.93. The molecule has 0 aliphatic rings. The Balaban J connectivity index is 2.24. The number of nitrogens with one attached hydrogen (secondary N) is 2. The summed E-state index contributed by atoms with van der Waals surface area (Å²) in [5.41, 5.74) is 0.196. The third-order valence-corrected chi connectivity index (χ3v) is 4.71. The molecule has 2 N–H and O–H groups in total. The van der Waals surface area contributed by atoms with E-state index < -0.39 is 5.44 Å². The standard InChI is InChI=1S/C23H37N3O6S/c1-4-28-14-15-31-23(33-18-24)17-32-21-7-5-6-20(16-21)26-22(27)8-10-29-12-13-30-11-9-25-19(2)3/h5-7,16,19,23,25H,4,8-15,17H2,1-3H3,(H,26,27). The summed E-state index contributed by atoms with van der Waals surface area (Å²) in [5, 5.41) is 17.0. The molecular weight excluding hydrogens is 446 g/mol. The Kier molecular flexibility index (Phi) is 17.3. The highest BCUT2D eigenvalue weighted by Gasteiger charge is 2.11. The van der Waals surface area contributed by atoms with Crippen molar-refractivity contribution in [3.63, 3.8) is 0 Å². The van der Waals surface area contributed by atoms with Crippen molar-refractivity contribution in [3.8, 4) is 11.2 Å². The first-order chi connectivity index (χ1) is 16.0. The molecule has 0 radical (unpaired) electrons. The zero-order valence-corrected chi connectivity index (χ0v) is 20.7. The molecule has 1 amide bonds. The highest BCUT2D eigenvalue weighted by molar-refractivity contribution is 8.04. The number of rotatable bonds is 20. The molecule has 186 valence electrons. The van der Waals surface area contributed by atoms with Crippen molar-refractivity contribution >= 4 is 23.4 Å². The van der Waals surface area contributed by atoms with E-state index in [0.717, 1.165) is 18.3 Å². The summed E-state index contributed by atoms with van der Waals surface area (Å²) in [6, 6.07) is 7.52. The molecule has 0 spiro atoms. The van der Waals surface area contributed by atoms with E-state index in [1.165, 1.54) is 0 Å². The zero-order valence-electron chi connectivity index (χ0n) is 19.8. The second-order valence-electron chi connectivity index (χ2n) is 7.18. The number of ether oxygens (including phenoxy) is 5. The summed E-state index contributed by atoms with van der Waals surface area (Å²) in [5.74, 6) is 0.427. The summed E-state index contributed by atoms with van der Waals surface area (Å²) in [6.45, 7) is 10.5. The fourth-order valence-electron chi connectivity index (χ4n) is 2.52. The maximum Gasteiger partial charge on any atom is 0.226 e. The second-order valence-corrected chi connectivity index (χ2v) is 8.12. The first-order valence-electron chi connectivity index (χ1n) is 11.2. The molecule has 0 saturated carbocycles. The Hall–Kier alpha value is -1.87. The van der Waals surface area contributed by atoms with Crippen LogP contribution in [-0.2, 0) is 23.7 Å². The molecule has 0 saturated heterocycles. The molecule has 1 aromatic carbocycles. The van der Waals surface area contributed by atoms with Gasteiger partial charge in [-0.25, -0.2) is 0 Å². The predicted molar refractivity (Wildman–Crippen MR) is 129 cm³/mol. The van der Waals surface area contributed by atoms with E-state index in [1.54, 1.807) is 24.3 Å². The Morgan fingerprint density at radius 2 is 1.85 bits per heavy atom. The fraction of sp³-hybridized carbons (Fsp3) is 0.652. The molecule has 1 unspecified atom stereocenters. The summed E-state index contributed by atoms with van der Waals surface area (Å²) >= 11 is 0.995. The SMILES string of the molecule is CCOCCOC(COc1cccc(NC(=O)CCOCCOCCNC(C)C)c1)SC#N. The molecular formula is C23H37N3O6S. The third kappa shape index (κ3) is 16.4. The van der Waals surface area contributed by atoms with E-state index in [2.05, 4.69) is 24.5 Å². The van der Waals surface area contributed by atoms with Gasteiger partial charge in [0.1, 0.15) is 17.8 Å². The average molecular weight is 484 g/mol. The maximum absolute atomic E-state index is 12.1. The first-order valence-corrected chi connectivity index (χ1v) is 12.1. The third-order valence-electron chi connectivity index (χ3n) is 4.07. The number of nitriles is 1. The van der Waals surface area contributed by atoms with Gasteiger partial charge in [-0.1, -0.05) is 19.9 Å². The minimum atomic E-state index is -0.429. The van der Waals surface area contributed by atoms with E-state index in [4.69, 9.17) is 28.9 Å². The molecule has 0 aliphatic heterocycles. The van der Waals surface area contributed by atoms with Gasteiger partial charge in [0.15, 0.2) is 5.44 Å². The van der Waals surface area contributed by atoms with Crippen LogP contribution >= 0.6 is 11.8 Å². The van der Waals surface area contributed by atoms with Gasteiger partial charge in [-0.15, -0.1) is 0 Å². The number of benzene rings is 1. The number of thioether (sulfide) groups is 1. The van der Waals surface area contributed by atoms with E-state index >= 15 is 0 Å². The van der Waals surface area contributed by atoms with Gasteiger partial charge < -0.3 is 34.3 Å². The normalized spacial score (nSPS) is 11.8.